The molecule has 1 aromatic heterocycles. The summed E-state index contributed by atoms with van der Waals surface area (Å²) in [6.07, 6.45) is 5.14. The number of benzene rings is 2. The molecule has 0 radical (unpaired) electrons. The van der Waals surface area contributed by atoms with Crippen LogP contribution in [0.5, 0.6) is 11.5 Å². The minimum absolute atomic E-state index is 0.00204. The molecule has 8 heteroatoms. The molecule has 0 atom stereocenters. The minimum atomic E-state index is -0.00204. The number of likely N-dealkylation sites (tertiary alicyclic amines) is 1. The van der Waals surface area contributed by atoms with Gasteiger partial charge in [0.25, 0.3) is 5.91 Å². The molecule has 7 nitrogen and oxygen atoms in total. The maximum absolute atomic E-state index is 13.4. The van der Waals surface area contributed by atoms with Gasteiger partial charge in [-0.3, -0.25) is 4.79 Å². The SMILES string of the molecule is COc1ccccc1C1CCN(C(=O)c2nc3c(s2)CCOc2cc(/C(C=N)=C/N)ccc2-3)CC1. The Kier molecular flexibility index (Phi) is 6.55. The largest absolute Gasteiger partial charge is 0.496 e. The highest BCUT2D eigenvalue weighted by molar-refractivity contribution is 7.14. The monoisotopic (exact) mass is 488 g/mol. The van der Waals surface area contributed by atoms with Gasteiger partial charge in [0.1, 0.15) is 11.5 Å². The summed E-state index contributed by atoms with van der Waals surface area (Å²) in [5.74, 6) is 2.00. The molecule has 3 heterocycles. The Morgan fingerprint density at radius 2 is 2.06 bits per heavy atom. The molecule has 1 saturated heterocycles. The van der Waals surface area contributed by atoms with Crippen molar-refractivity contribution in [2.75, 3.05) is 26.8 Å². The molecule has 180 valence electrons. The van der Waals surface area contributed by atoms with Gasteiger partial charge in [-0.25, -0.2) is 4.98 Å². The van der Waals surface area contributed by atoms with E-state index in [4.69, 9.17) is 25.6 Å². The molecule has 35 heavy (non-hydrogen) atoms. The van der Waals surface area contributed by atoms with E-state index in [1.807, 2.05) is 41.3 Å². The van der Waals surface area contributed by atoms with Crippen LogP contribution in [0.15, 0.2) is 48.7 Å². The van der Waals surface area contributed by atoms with Gasteiger partial charge in [0, 0.05) is 47.9 Å². The first-order chi connectivity index (χ1) is 17.1. The lowest BCUT2D eigenvalue weighted by molar-refractivity contribution is 0.0712. The Balaban J connectivity index is 1.35. The van der Waals surface area contributed by atoms with Crippen molar-refractivity contribution in [3.63, 3.8) is 0 Å². The van der Waals surface area contributed by atoms with Crippen molar-refractivity contribution < 1.29 is 14.3 Å². The van der Waals surface area contributed by atoms with Crippen LogP contribution in [0.3, 0.4) is 0 Å². The number of rotatable bonds is 5. The van der Waals surface area contributed by atoms with Crippen molar-refractivity contribution in [2.45, 2.75) is 25.2 Å². The second kappa shape index (κ2) is 9.92. The van der Waals surface area contributed by atoms with Crippen LogP contribution in [-0.4, -0.2) is 48.8 Å². The van der Waals surface area contributed by atoms with Gasteiger partial charge >= 0.3 is 0 Å². The van der Waals surface area contributed by atoms with E-state index >= 15 is 0 Å². The summed E-state index contributed by atoms with van der Waals surface area (Å²) in [5, 5.41) is 8.09. The zero-order valence-electron chi connectivity index (χ0n) is 19.6. The van der Waals surface area contributed by atoms with Gasteiger partial charge in [0.15, 0.2) is 5.01 Å². The highest BCUT2D eigenvalue weighted by atomic mass is 32.1. The molecule has 0 aliphatic carbocycles. The molecule has 2 aliphatic rings. The standard InChI is InChI=1S/C27H28N4O3S/c1-33-22-5-3-2-4-20(22)17-8-11-31(12-9-17)27(32)26-30-25-21-7-6-18(19(15-28)16-29)14-23(21)34-13-10-24(25)35-26/h2-7,14-17,28H,8-13,29H2,1H3/b19-16+,28-15?. The van der Waals surface area contributed by atoms with Crippen molar-refractivity contribution in [3.8, 4) is 22.8 Å². The van der Waals surface area contributed by atoms with Crippen molar-refractivity contribution >= 4 is 29.0 Å². The minimum Gasteiger partial charge on any atom is -0.496 e. The number of fused-ring (bicyclic) bond motifs is 3. The molecule has 1 amide bonds. The molecule has 1 fully saturated rings. The van der Waals surface area contributed by atoms with E-state index in [-0.39, 0.29) is 5.91 Å². The maximum Gasteiger partial charge on any atom is 0.282 e. The van der Waals surface area contributed by atoms with Gasteiger partial charge in [-0.1, -0.05) is 24.3 Å². The second-order valence-electron chi connectivity index (χ2n) is 8.67. The fourth-order valence-corrected chi connectivity index (χ4v) is 5.88. The van der Waals surface area contributed by atoms with Crippen LogP contribution >= 0.6 is 11.3 Å². The van der Waals surface area contributed by atoms with E-state index in [0.717, 1.165) is 40.3 Å². The molecule has 0 spiro atoms. The number of piperidine rings is 1. The van der Waals surface area contributed by atoms with Gasteiger partial charge in [0.05, 0.1) is 19.4 Å². The maximum atomic E-state index is 13.4. The third-order valence-corrected chi connectivity index (χ3v) is 7.84. The van der Waals surface area contributed by atoms with E-state index in [0.29, 0.717) is 48.4 Å². The van der Waals surface area contributed by atoms with E-state index in [1.54, 1.807) is 7.11 Å². The molecule has 5 rings (SSSR count). The Morgan fingerprint density at radius 3 is 2.80 bits per heavy atom. The highest BCUT2D eigenvalue weighted by Crippen LogP contribution is 2.40. The topological polar surface area (TPSA) is 102 Å². The number of hydrogen-bond acceptors (Lipinski definition) is 7. The van der Waals surface area contributed by atoms with Gasteiger partial charge < -0.3 is 25.5 Å². The number of thiazole rings is 1. The number of para-hydroxylation sites is 1. The quantitative estimate of drug-likeness (QED) is 0.506. The zero-order chi connectivity index (χ0) is 24.4. The normalized spacial score (nSPS) is 16.0. The van der Waals surface area contributed by atoms with E-state index in [2.05, 4.69) is 6.07 Å². The molecule has 3 N–H and O–H groups in total. The first-order valence-corrected chi connectivity index (χ1v) is 12.6. The third kappa shape index (κ3) is 4.41. The van der Waals surface area contributed by atoms with Crippen LogP contribution in [-0.2, 0) is 6.42 Å². The van der Waals surface area contributed by atoms with Crippen LogP contribution in [0, 0.1) is 5.41 Å². The first-order valence-electron chi connectivity index (χ1n) is 11.7. The fourth-order valence-electron chi connectivity index (χ4n) is 4.85. The number of ether oxygens (including phenoxy) is 2. The van der Waals surface area contributed by atoms with Gasteiger partial charge in [0.2, 0.25) is 0 Å². The van der Waals surface area contributed by atoms with Crippen molar-refractivity contribution in [1.82, 2.24) is 9.88 Å². The number of methoxy groups -OCH3 is 1. The molecular formula is C27H28N4O3S. The molecular weight excluding hydrogens is 460 g/mol. The highest BCUT2D eigenvalue weighted by Gasteiger charge is 2.29. The van der Waals surface area contributed by atoms with Crippen LogP contribution in [0.4, 0.5) is 0 Å². The molecule has 3 aromatic rings. The number of hydrogen-bond donors (Lipinski definition) is 2. The number of carbonyl (C=O) groups excluding carboxylic acids is 1. The number of nitrogens with two attached hydrogens (primary N) is 1. The molecule has 0 bridgehead atoms. The zero-order valence-corrected chi connectivity index (χ0v) is 20.4. The Bertz CT molecular complexity index is 1290. The smallest absolute Gasteiger partial charge is 0.282 e. The van der Waals surface area contributed by atoms with Crippen LogP contribution in [0.2, 0.25) is 0 Å². The average molecular weight is 489 g/mol. The Morgan fingerprint density at radius 1 is 1.26 bits per heavy atom. The summed E-state index contributed by atoms with van der Waals surface area (Å²) in [4.78, 5) is 21.1. The van der Waals surface area contributed by atoms with Gasteiger partial charge in [-0.2, -0.15) is 0 Å². The molecule has 2 aliphatic heterocycles. The number of allylic oxidation sites excluding steroid dienone is 1. The number of aromatic nitrogens is 1. The van der Waals surface area contributed by atoms with Crippen molar-refractivity contribution in [3.05, 3.63) is 69.7 Å². The fraction of sp³-hybridized carbons (Fsp3) is 0.296. The van der Waals surface area contributed by atoms with Gasteiger partial charge in [-0.05, 0) is 48.1 Å². The molecule has 0 unspecified atom stereocenters. The van der Waals surface area contributed by atoms with Gasteiger partial charge in [-0.15, -0.1) is 11.3 Å². The second-order valence-corrected chi connectivity index (χ2v) is 9.76. The first kappa shape index (κ1) is 23.1. The number of amides is 1. The Hall–Kier alpha value is -3.65. The van der Waals surface area contributed by atoms with E-state index < -0.39 is 0 Å². The summed E-state index contributed by atoms with van der Waals surface area (Å²) in [5.41, 5.74) is 9.98. The van der Waals surface area contributed by atoms with Crippen LogP contribution < -0.4 is 15.2 Å². The Labute approximate surface area is 208 Å². The number of nitrogens with one attached hydrogen (secondary N) is 1. The lowest BCUT2D eigenvalue weighted by Crippen LogP contribution is -2.37. The summed E-state index contributed by atoms with van der Waals surface area (Å²) in [6.45, 7) is 1.91. The number of nitrogens with zero attached hydrogens (tertiary/aromatic N) is 2. The number of carbonyl (C=O) groups is 1. The average Bonchev–Trinajstić information content (AvgIpc) is 3.25. The van der Waals surface area contributed by atoms with Crippen LogP contribution in [0.25, 0.3) is 16.8 Å². The lowest BCUT2D eigenvalue weighted by atomic mass is 9.89. The summed E-state index contributed by atoms with van der Waals surface area (Å²) < 4.78 is 11.5. The van der Waals surface area contributed by atoms with Crippen molar-refractivity contribution in [2.24, 2.45) is 5.73 Å². The predicted octanol–water partition coefficient (Wildman–Crippen LogP) is 4.72. The van der Waals surface area contributed by atoms with E-state index in [9.17, 15) is 4.79 Å². The summed E-state index contributed by atoms with van der Waals surface area (Å²) in [7, 11) is 1.70. The molecule has 0 saturated carbocycles. The van der Waals surface area contributed by atoms with Crippen molar-refractivity contribution in [1.29, 1.82) is 5.41 Å². The molecule has 2 aromatic carbocycles. The summed E-state index contributed by atoms with van der Waals surface area (Å²) in [6, 6.07) is 13.9. The third-order valence-electron chi connectivity index (χ3n) is 6.73. The lowest BCUT2D eigenvalue weighted by Gasteiger charge is -2.32. The van der Waals surface area contributed by atoms with E-state index in [1.165, 1.54) is 29.3 Å². The van der Waals surface area contributed by atoms with Crippen LogP contribution in [0.1, 0.15) is 44.6 Å². The predicted molar refractivity (Wildman–Crippen MR) is 139 cm³/mol. The summed E-state index contributed by atoms with van der Waals surface area (Å²) >= 11 is 1.47.